The van der Waals surface area contributed by atoms with Crippen molar-refractivity contribution in [2.75, 3.05) is 19.5 Å². The van der Waals surface area contributed by atoms with E-state index in [-0.39, 0.29) is 5.95 Å². The first-order chi connectivity index (χ1) is 10.6. The lowest BCUT2D eigenvalue weighted by Crippen LogP contribution is -2.11. The first kappa shape index (κ1) is 14.5. The van der Waals surface area contributed by atoms with Crippen molar-refractivity contribution in [3.63, 3.8) is 0 Å². The summed E-state index contributed by atoms with van der Waals surface area (Å²) in [7, 11) is 3.08. The molecular weight excluding hydrogens is 330 g/mol. The number of amides is 1. The van der Waals surface area contributed by atoms with Crippen molar-refractivity contribution in [3.05, 3.63) is 22.0 Å². The number of hydrogen-bond acceptors (Lipinski definition) is 7. The zero-order valence-corrected chi connectivity index (χ0v) is 13.1. The minimum absolute atomic E-state index is 0.0775. The summed E-state index contributed by atoms with van der Waals surface area (Å²) >= 11 is 7.54. The molecule has 3 aromatic rings. The number of methoxy groups -OCH3 is 2. The molecule has 0 unspecified atom stereocenters. The third-order valence-electron chi connectivity index (χ3n) is 2.91. The lowest BCUT2D eigenvalue weighted by Gasteiger charge is -2.06. The first-order valence-corrected chi connectivity index (χ1v) is 7.22. The van der Waals surface area contributed by atoms with E-state index in [1.807, 2.05) is 0 Å². The number of nitrogens with zero attached hydrogens (tertiary/aromatic N) is 3. The number of thiophene rings is 1. The Bertz CT molecular complexity index is 833. The maximum absolute atomic E-state index is 12.2. The van der Waals surface area contributed by atoms with Crippen molar-refractivity contribution >= 4 is 44.9 Å². The number of anilines is 1. The van der Waals surface area contributed by atoms with Crippen LogP contribution in [0.25, 0.3) is 10.1 Å². The summed E-state index contributed by atoms with van der Waals surface area (Å²) < 4.78 is 11.3. The molecule has 2 N–H and O–H groups in total. The van der Waals surface area contributed by atoms with E-state index in [9.17, 15) is 4.79 Å². The Morgan fingerprint density at radius 2 is 2.05 bits per heavy atom. The highest BCUT2D eigenvalue weighted by Gasteiger charge is 2.20. The molecule has 2 heterocycles. The molecule has 0 fully saturated rings. The summed E-state index contributed by atoms with van der Waals surface area (Å²) in [6.07, 6.45) is 0. The van der Waals surface area contributed by atoms with Crippen LogP contribution in [0.1, 0.15) is 9.67 Å². The first-order valence-electron chi connectivity index (χ1n) is 6.03. The van der Waals surface area contributed by atoms with Gasteiger partial charge in [-0.1, -0.05) is 16.7 Å². The molecule has 114 valence electrons. The van der Waals surface area contributed by atoms with Crippen LogP contribution in [0.3, 0.4) is 0 Å². The number of hydrogen-bond donors (Lipinski definition) is 2. The summed E-state index contributed by atoms with van der Waals surface area (Å²) in [5.41, 5.74) is 0. The van der Waals surface area contributed by atoms with Gasteiger partial charge in [0.05, 0.1) is 19.2 Å². The number of ether oxygens (including phenoxy) is 2. The van der Waals surface area contributed by atoms with E-state index in [0.717, 1.165) is 4.70 Å². The second-order valence-corrected chi connectivity index (χ2v) is 5.57. The zero-order valence-electron chi connectivity index (χ0n) is 11.5. The quantitative estimate of drug-likeness (QED) is 0.756. The largest absolute Gasteiger partial charge is 0.493 e. The number of aromatic nitrogens is 4. The molecule has 1 amide bonds. The molecular formula is C12H10ClN5O3S. The minimum Gasteiger partial charge on any atom is -0.493 e. The van der Waals surface area contributed by atoms with Crippen LogP contribution < -0.4 is 14.8 Å². The molecule has 0 saturated heterocycles. The predicted molar refractivity (Wildman–Crippen MR) is 82.1 cm³/mol. The van der Waals surface area contributed by atoms with Crippen LogP contribution in [0.4, 0.5) is 5.95 Å². The molecule has 0 aliphatic rings. The van der Waals surface area contributed by atoms with Crippen LogP contribution in [-0.2, 0) is 0 Å². The van der Waals surface area contributed by atoms with Crippen molar-refractivity contribution in [1.82, 2.24) is 20.6 Å². The van der Waals surface area contributed by atoms with E-state index in [0.29, 0.717) is 26.8 Å². The second kappa shape index (κ2) is 5.78. The molecule has 22 heavy (non-hydrogen) atoms. The Balaban J connectivity index is 2.03. The number of carbonyl (C=O) groups is 1. The van der Waals surface area contributed by atoms with Gasteiger partial charge in [0.25, 0.3) is 11.9 Å². The minimum atomic E-state index is -0.412. The summed E-state index contributed by atoms with van der Waals surface area (Å²) in [5, 5.41) is 16.5. The highest BCUT2D eigenvalue weighted by molar-refractivity contribution is 7.21. The molecule has 3 rings (SSSR count). The van der Waals surface area contributed by atoms with E-state index in [4.69, 9.17) is 21.1 Å². The van der Waals surface area contributed by atoms with Gasteiger partial charge >= 0.3 is 0 Å². The monoisotopic (exact) mass is 339 g/mol. The number of rotatable bonds is 4. The average Bonchev–Trinajstić information content (AvgIpc) is 3.14. The topological polar surface area (TPSA) is 102 Å². The average molecular weight is 340 g/mol. The molecule has 8 nitrogen and oxygen atoms in total. The normalized spacial score (nSPS) is 10.7. The van der Waals surface area contributed by atoms with E-state index in [1.54, 1.807) is 19.2 Å². The van der Waals surface area contributed by atoms with Gasteiger partial charge in [0.15, 0.2) is 11.5 Å². The predicted octanol–water partition coefficient (Wildman–Crippen LogP) is 2.34. The van der Waals surface area contributed by atoms with Crippen LogP contribution in [0.15, 0.2) is 12.1 Å². The van der Waals surface area contributed by atoms with Gasteiger partial charge in [0.2, 0.25) is 0 Å². The fourth-order valence-corrected chi connectivity index (χ4v) is 3.33. The maximum atomic E-state index is 12.2. The number of halogens is 1. The molecule has 0 saturated carbocycles. The number of aromatic amines is 1. The fraction of sp³-hybridized carbons (Fsp3) is 0.167. The highest BCUT2D eigenvalue weighted by atomic mass is 35.5. The van der Waals surface area contributed by atoms with Crippen LogP contribution in [0.5, 0.6) is 11.5 Å². The molecule has 2 aromatic heterocycles. The van der Waals surface area contributed by atoms with Gasteiger partial charge < -0.3 is 9.47 Å². The van der Waals surface area contributed by atoms with Gasteiger partial charge in [-0.05, 0) is 11.3 Å². The molecule has 0 radical (unpaired) electrons. The number of fused-ring (bicyclic) bond motifs is 1. The van der Waals surface area contributed by atoms with Gasteiger partial charge in [0.1, 0.15) is 4.88 Å². The van der Waals surface area contributed by atoms with Crippen LogP contribution in [-0.4, -0.2) is 40.8 Å². The van der Waals surface area contributed by atoms with Crippen molar-refractivity contribution in [1.29, 1.82) is 0 Å². The molecule has 0 spiro atoms. The van der Waals surface area contributed by atoms with Crippen molar-refractivity contribution in [2.24, 2.45) is 0 Å². The Morgan fingerprint density at radius 3 is 2.68 bits per heavy atom. The Labute approximate surface area is 133 Å². The summed E-state index contributed by atoms with van der Waals surface area (Å²) in [4.78, 5) is 12.6. The van der Waals surface area contributed by atoms with Crippen molar-refractivity contribution in [2.45, 2.75) is 0 Å². The number of carbonyl (C=O) groups excluding carboxylic acids is 1. The van der Waals surface area contributed by atoms with Gasteiger partial charge in [-0.15, -0.1) is 16.4 Å². The molecule has 0 aliphatic carbocycles. The number of nitrogens with one attached hydrogen (secondary N) is 2. The lowest BCUT2D eigenvalue weighted by atomic mass is 10.2. The molecule has 0 bridgehead atoms. The van der Waals surface area contributed by atoms with E-state index >= 15 is 0 Å². The third kappa shape index (κ3) is 2.44. The van der Waals surface area contributed by atoms with E-state index < -0.39 is 5.91 Å². The van der Waals surface area contributed by atoms with Crippen LogP contribution in [0, 0.1) is 0 Å². The summed E-state index contributed by atoms with van der Waals surface area (Å²) in [5.74, 6) is 0.775. The van der Waals surface area contributed by atoms with Gasteiger partial charge in [-0.2, -0.15) is 5.21 Å². The van der Waals surface area contributed by atoms with E-state index in [2.05, 4.69) is 25.9 Å². The number of tetrazole rings is 1. The standard InChI is InChI=1S/C12H10ClN5O3S/c1-20-6-3-5-8(4-7(6)21-2)22-10(9(5)13)11(19)14-12-15-17-18-16-12/h3-4H,1-2H3,(H2,14,15,16,17,18,19). The zero-order chi connectivity index (χ0) is 15.7. The summed E-state index contributed by atoms with van der Waals surface area (Å²) in [6.45, 7) is 0. The maximum Gasteiger partial charge on any atom is 0.270 e. The SMILES string of the molecule is COc1cc2sc(C(=O)Nc3nn[nH]n3)c(Cl)c2cc1OC. The highest BCUT2D eigenvalue weighted by Crippen LogP contribution is 2.41. The molecule has 10 heteroatoms. The Kier molecular flexibility index (Phi) is 3.82. The second-order valence-electron chi connectivity index (χ2n) is 4.14. The molecule has 1 aromatic carbocycles. The fourth-order valence-electron chi connectivity index (χ4n) is 1.91. The number of H-pyrrole nitrogens is 1. The third-order valence-corrected chi connectivity index (χ3v) is 4.57. The van der Waals surface area contributed by atoms with Crippen molar-refractivity contribution in [3.8, 4) is 11.5 Å². The van der Waals surface area contributed by atoms with Crippen LogP contribution >= 0.6 is 22.9 Å². The van der Waals surface area contributed by atoms with E-state index in [1.165, 1.54) is 18.4 Å². The smallest absolute Gasteiger partial charge is 0.270 e. The molecule has 0 aliphatic heterocycles. The van der Waals surface area contributed by atoms with Gasteiger partial charge in [0, 0.05) is 16.2 Å². The van der Waals surface area contributed by atoms with Gasteiger partial charge in [-0.3, -0.25) is 10.1 Å². The molecule has 0 atom stereocenters. The lowest BCUT2D eigenvalue weighted by molar-refractivity contribution is 0.103. The Morgan fingerprint density at radius 1 is 1.32 bits per heavy atom. The summed E-state index contributed by atoms with van der Waals surface area (Å²) in [6, 6.07) is 3.51. The van der Waals surface area contributed by atoms with Crippen molar-refractivity contribution < 1.29 is 14.3 Å². The van der Waals surface area contributed by atoms with Crippen LogP contribution in [0.2, 0.25) is 5.02 Å². The van der Waals surface area contributed by atoms with Gasteiger partial charge in [-0.25, -0.2) is 0 Å². The Hall–Kier alpha value is -2.39. The number of benzene rings is 1.